The van der Waals surface area contributed by atoms with Crippen LogP contribution in [0.5, 0.6) is 11.5 Å². The molecule has 3 atom stereocenters. The van der Waals surface area contributed by atoms with Crippen LogP contribution in [0.15, 0.2) is 12.1 Å². The third-order valence-corrected chi connectivity index (χ3v) is 5.80. The van der Waals surface area contributed by atoms with Gasteiger partial charge in [0.15, 0.2) is 11.5 Å². The molecule has 5 heteroatoms. The first-order valence-corrected chi connectivity index (χ1v) is 8.94. The predicted octanol–water partition coefficient (Wildman–Crippen LogP) is 2.86. The molecule has 0 aromatic heterocycles. The molecule has 0 bridgehead atoms. The molecule has 5 nitrogen and oxygen atoms in total. The number of aromatic hydroxyl groups is 1. The van der Waals surface area contributed by atoms with Crippen molar-refractivity contribution in [2.24, 2.45) is 5.92 Å². The second kappa shape index (κ2) is 6.96. The lowest BCUT2D eigenvalue weighted by atomic mass is 9.52. The van der Waals surface area contributed by atoms with Gasteiger partial charge in [-0.15, -0.1) is 0 Å². The highest BCUT2D eigenvalue weighted by Crippen LogP contribution is 2.56. The minimum atomic E-state index is -1.52. The number of ether oxygens (including phenoxy) is 1. The molecular weight excluding hydrogens is 320 g/mol. The van der Waals surface area contributed by atoms with Crippen LogP contribution in [0, 0.1) is 12.8 Å². The summed E-state index contributed by atoms with van der Waals surface area (Å²) in [7, 11) is 1.47. The number of carbonyl (C=O) groups excluding carboxylic acids is 1. The fourth-order valence-electron chi connectivity index (χ4n) is 4.75. The van der Waals surface area contributed by atoms with Crippen LogP contribution < -0.4 is 4.74 Å². The molecule has 1 aromatic rings. The standard InChI is InChI=1S/C20H30O5/c1-6-9-19(17-13(4)7-8-15(25-5)18(17)23)11-14(21)10-16(22)20(19,24)12(2)3/h7-8,12,16,22-24H,6,9-11H2,1-5H3. The number of aliphatic hydroxyl groups excluding tert-OH is 1. The molecule has 0 radical (unpaired) electrons. The van der Waals surface area contributed by atoms with Crippen molar-refractivity contribution in [3.8, 4) is 11.5 Å². The van der Waals surface area contributed by atoms with Crippen molar-refractivity contribution in [3.63, 3.8) is 0 Å². The van der Waals surface area contributed by atoms with E-state index in [2.05, 4.69) is 0 Å². The van der Waals surface area contributed by atoms with Crippen molar-refractivity contribution >= 4 is 5.78 Å². The van der Waals surface area contributed by atoms with Crippen LogP contribution in [0.1, 0.15) is 57.6 Å². The molecular formula is C20H30O5. The van der Waals surface area contributed by atoms with Crippen LogP contribution >= 0.6 is 0 Å². The quantitative estimate of drug-likeness (QED) is 0.760. The molecule has 1 aliphatic rings. The summed E-state index contributed by atoms with van der Waals surface area (Å²) in [6.07, 6.45) is 0.0280. The molecule has 0 spiro atoms. The van der Waals surface area contributed by atoms with E-state index in [4.69, 9.17) is 4.74 Å². The highest BCUT2D eigenvalue weighted by atomic mass is 16.5. The van der Waals surface area contributed by atoms with Crippen LogP contribution in [0.25, 0.3) is 0 Å². The van der Waals surface area contributed by atoms with Crippen LogP contribution in [-0.4, -0.2) is 39.9 Å². The Morgan fingerprint density at radius 2 is 2.00 bits per heavy atom. The van der Waals surface area contributed by atoms with Gasteiger partial charge in [0.05, 0.1) is 13.2 Å². The van der Waals surface area contributed by atoms with E-state index in [1.165, 1.54) is 7.11 Å². The molecule has 1 fully saturated rings. The SMILES string of the molecule is CCCC1(c2c(C)ccc(OC)c2O)CC(=O)CC(O)C1(O)C(C)C. The summed E-state index contributed by atoms with van der Waals surface area (Å²) in [5.74, 6) is -0.160. The summed E-state index contributed by atoms with van der Waals surface area (Å²) in [6.45, 7) is 7.50. The molecule has 25 heavy (non-hydrogen) atoms. The van der Waals surface area contributed by atoms with E-state index in [1.54, 1.807) is 6.07 Å². The van der Waals surface area contributed by atoms with Crippen molar-refractivity contribution < 1.29 is 24.9 Å². The van der Waals surface area contributed by atoms with Crippen molar-refractivity contribution in [3.05, 3.63) is 23.3 Å². The average molecular weight is 350 g/mol. The summed E-state index contributed by atoms with van der Waals surface area (Å²) in [6, 6.07) is 3.49. The zero-order chi connectivity index (χ0) is 19.0. The maximum atomic E-state index is 12.4. The van der Waals surface area contributed by atoms with E-state index in [9.17, 15) is 20.1 Å². The highest BCUT2D eigenvalue weighted by molar-refractivity contribution is 5.83. The second-order valence-corrected chi connectivity index (χ2v) is 7.56. The maximum Gasteiger partial charge on any atom is 0.161 e. The minimum absolute atomic E-state index is 0.0584. The number of hydrogen-bond donors (Lipinski definition) is 3. The van der Waals surface area contributed by atoms with E-state index in [1.807, 2.05) is 33.8 Å². The van der Waals surface area contributed by atoms with Crippen molar-refractivity contribution in [2.45, 2.75) is 70.5 Å². The molecule has 140 valence electrons. The topological polar surface area (TPSA) is 87.0 Å². The van der Waals surface area contributed by atoms with Gasteiger partial charge in [-0.2, -0.15) is 0 Å². The second-order valence-electron chi connectivity index (χ2n) is 7.56. The van der Waals surface area contributed by atoms with Gasteiger partial charge < -0.3 is 20.1 Å². The molecule has 1 aliphatic carbocycles. The smallest absolute Gasteiger partial charge is 0.161 e. The Balaban J connectivity index is 2.87. The van der Waals surface area contributed by atoms with E-state index in [0.29, 0.717) is 24.2 Å². The first kappa shape index (κ1) is 19.7. The summed E-state index contributed by atoms with van der Waals surface area (Å²) >= 11 is 0. The Morgan fingerprint density at radius 1 is 1.36 bits per heavy atom. The Hall–Kier alpha value is -1.59. The number of Topliss-reactive ketones (excluding diaryl/α,β-unsaturated/α-hetero) is 1. The van der Waals surface area contributed by atoms with Crippen molar-refractivity contribution in [1.29, 1.82) is 0 Å². The van der Waals surface area contributed by atoms with Crippen molar-refractivity contribution in [2.75, 3.05) is 7.11 Å². The number of ketones is 1. The summed E-state index contributed by atoms with van der Waals surface area (Å²) in [5.41, 5.74) is -1.30. The molecule has 1 saturated carbocycles. The number of phenols is 1. The Morgan fingerprint density at radius 3 is 2.52 bits per heavy atom. The molecule has 0 amide bonds. The number of aliphatic hydroxyl groups is 2. The van der Waals surface area contributed by atoms with E-state index in [-0.39, 0.29) is 30.3 Å². The largest absolute Gasteiger partial charge is 0.504 e. The van der Waals surface area contributed by atoms with E-state index >= 15 is 0 Å². The van der Waals surface area contributed by atoms with E-state index in [0.717, 1.165) is 5.56 Å². The lowest BCUT2D eigenvalue weighted by molar-refractivity contribution is -0.184. The number of rotatable bonds is 5. The summed E-state index contributed by atoms with van der Waals surface area (Å²) in [4.78, 5) is 12.4. The van der Waals surface area contributed by atoms with Gasteiger partial charge in [0.25, 0.3) is 0 Å². The third-order valence-electron chi connectivity index (χ3n) is 5.80. The van der Waals surface area contributed by atoms with Crippen LogP contribution in [0.3, 0.4) is 0 Å². The van der Waals surface area contributed by atoms with Gasteiger partial charge in [-0.25, -0.2) is 0 Å². The molecule has 3 N–H and O–H groups in total. The monoisotopic (exact) mass is 350 g/mol. The number of benzene rings is 1. The fourth-order valence-corrected chi connectivity index (χ4v) is 4.75. The Labute approximate surface area is 149 Å². The van der Waals surface area contributed by atoms with Gasteiger partial charge >= 0.3 is 0 Å². The van der Waals surface area contributed by atoms with Crippen LogP contribution in [0.4, 0.5) is 0 Å². The molecule has 3 unspecified atom stereocenters. The first-order valence-electron chi connectivity index (χ1n) is 8.94. The van der Waals surface area contributed by atoms with Gasteiger partial charge in [-0.05, 0) is 30.9 Å². The lowest BCUT2D eigenvalue weighted by Crippen LogP contribution is -2.66. The normalized spacial score (nSPS) is 29.9. The van der Waals surface area contributed by atoms with Gasteiger partial charge in [0.1, 0.15) is 11.4 Å². The zero-order valence-corrected chi connectivity index (χ0v) is 15.8. The van der Waals surface area contributed by atoms with Gasteiger partial charge in [-0.1, -0.05) is 33.3 Å². The number of hydrogen-bond acceptors (Lipinski definition) is 5. The lowest BCUT2D eigenvalue weighted by Gasteiger charge is -2.55. The number of methoxy groups -OCH3 is 1. The average Bonchev–Trinajstić information content (AvgIpc) is 2.52. The maximum absolute atomic E-state index is 12.4. The molecule has 0 saturated heterocycles. The zero-order valence-electron chi connectivity index (χ0n) is 15.8. The number of phenolic OH excluding ortho intramolecular Hbond substituents is 1. The Bertz CT molecular complexity index is 654. The molecule has 0 aliphatic heterocycles. The van der Waals surface area contributed by atoms with Gasteiger partial charge in [0, 0.05) is 23.8 Å². The van der Waals surface area contributed by atoms with Gasteiger partial charge in [-0.3, -0.25) is 4.79 Å². The Kier molecular flexibility index (Phi) is 5.50. The first-order chi connectivity index (χ1) is 11.7. The minimum Gasteiger partial charge on any atom is -0.504 e. The molecule has 1 aromatic carbocycles. The number of carbonyl (C=O) groups is 1. The summed E-state index contributed by atoms with van der Waals surface area (Å²) in [5, 5.41) is 33.3. The van der Waals surface area contributed by atoms with Crippen molar-refractivity contribution in [1.82, 2.24) is 0 Å². The third kappa shape index (κ3) is 2.83. The van der Waals surface area contributed by atoms with E-state index < -0.39 is 17.1 Å². The van der Waals surface area contributed by atoms with Crippen LogP contribution in [0.2, 0.25) is 0 Å². The highest BCUT2D eigenvalue weighted by Gasteiger charge is 2.61. The fraction of sp³-hybridized carbons (Fsp3) is 0.650. The van der Waals surface area contributed by atoms with Gasteiger partial charge in [0.2, 0.25) is 0 Å². The summed E-state index contributed by atoms with van der Waals surface area (Å²) < 4.78 is 5.26. The molecule has 0 heterocycles. The van der Waals surface area contributed by atoms with Crippen LogP contribution in [-0.2, 0) is 10.2 Å². The number of aryl methyl sites for hydroxylation is 1. The predicted molar refractivity (Wildman–Crippen MR) is 96.0 cm³/mol. The molecule has 2 rings (SSSR count).